The van der Waals surface area contributed by atoms with Crippen LogP contribution in [0.25, 0.3) is 10.9 Å². The number of aryl methyl sites for hydroxylation is 3. The Labute approximate surface area is 156 Å². The lowest BCUT2D eigenvalue weighted by Crippen LogP contribution is -2.01. The number of fused-ring (bicyclic) bond motifs is 1. The van der Waals surface area contributed by atoms with Crippen molar-refractivity contribution in [1.29, 1.82) is 0 Å². The van der Waals surface area contributed by atoms with Gasteiger partial charge in [-0.1, -0.05) is 48.5 Å². The van der Waals surface area contributed by atoms with Crippen LogP contribution in [0, 0.1) is 4.77 Å². The molecule has 2 heterocycles. The zero-order chi connectivity index (χ0) is 17.9. The highest BCUT2D eigenvalue weighted by Gasteiger charge is 2.07. The first kappa shape index (κ1) is 16.5. The molecule has 0 spiro atoms. The standard InChI is InChI=1S/C20H19N5S/c1-24-14-16(17-9-5-6-10-18(17)24)13-21-25-19(22-23-20(25)26)12-11-15-7-3-2-4-8-15/h2-10,13-14H,11-12H2,1H3,(H,23,26)/b21-13-. The molecular formula is C20H19N5S. The van der Waals surface area contributed by atoms with Gasteiger partial charge in [0.1, 0.15) is 0 Å². The number of aromatic nitrogens is 4. The summed E-state index contributed by atoms with van der Waals surface area (Å²) < 4.78 is 4.31. The highest BCUT2D eigenvalue weighted by molar-refractivity contribution is 7.71. The molecule has 0 unspecified atom stereocenters. The van der Waals surface area contributed by atoms with Gasteiger partial charge in [-0.25, -0.2) is 0 Å². The van der Waals surface area contributed by atoms with Gasteiger partial charge in [0.15, 0.2) is 5.82 Å². The summed E-state index contributed by atoms with van der Waals surface area (Å²) in [5.41, 5.74) is 3.50. The molecule has 0 aliphatic carbocycles. The monoisotopic (exact) mass is 361 g/mol. The number of hydrogen-bond acceptors (Lipinski definition) is 3. The van der Waals surface area contributed by atoms with Crippen LogP contribution >= 0.6 is 12.2 Å². The predicted octanol–water partition coefficient (Wildman–Crippen LogP) is 4.10. The van der Waals surface area contributed by atoms with Crippen molar-refractivity contribution in [2.75, 3.05) is 0 Å². The van der Waals surface area contributed by atoms with Crippen LogP contribution in [0.2, 0.25) is 0 Å². The first-order chi connectivity index (χ1) is 12.7. The predicted molar refractivity (Wildman–Crippen MR) is 107 cm³/mol. The zero-order valence-electron chi connectivity index (χ0n) is 14.5. The van der Waals surface area contributed by atoms with Gasteiger partial charge < -0.3 is 4.57 Å². The molecule has 0 saturated carbocycles. The summed E-state index contributed by atoms with van der Waals surface area (Å²) in [6, 6.07) is 18.6. The van der Waals surface area contributed by atoms with Crippen molar-refractivity contribution in [2.24, 2.45) is 12.1 Å². The van der Waals surface area contributed by atoms with Crippen molar-refractivity contribution in [2.45, 2.75) is 12.8 Å². The van der Waals surface area contributed by atoms with Crippen LogP contribution in [-0.2, 0) is 19.9 Å². The number of rotatable bonds is 5. The Morgan fingerprint density at radius 1 is 1.08 bits per heavy atom. The fourth-order valence-electron chi connectivity index (χ4n) is 3.10. The number of benzene rings is 2. The van der Waals surface area contributed by atoms with E-state index in [0.717, 1.165) is 24.2 Å². The first-order valence-electron chi connectivity index (χ1n) is 8.51. The molecule has 0 amide bonds. The van der Waals surface area contributed by atoms with Gasteiger partial charge in [-0.2, -0.15) is 14.9 Å². The summed E-state index contributed by atoms with van der Waals surface area (Å²) in [5.74, 6) is 0.829. The van der Waals surface area contributed by atoms with Gasteiger partial charge in [-0.15, -0.1) is 0 Å². The molecule has 4 rings (SSSR count). The Hall–Kier alpha value is -2.99. The number of nitrogens with one attached hydrogen (secondary N) is 1. The Morgan fingerprint density at radius 3 is 2.69 bits per heavy atom. The molecule has 0 aliphatic rings. The normalized spacial score (nSPS) is 11.6. The molecule has 130 valence electrons. The third-order valence-electron chi connectivity index (χ3n) is 4.44. The van der Waals surface area contributed by atoms with Crippen LogP contribution in [0.15, 0.2) is 65.9 Å². The Balaban J connectivity index is 1.61. The van der Waals surface area contributed by atoms with Crippen LogP contribution in [0.3, 0.4) is 0 Å². The molecule has 0 aliphatic heterocycles. The Kier molecular flexibility index (Phi) is 4.50. The molecule has 0 fully saturated rings. The van der Waals surface area contributed by atoms with Crippen molar-refractivity contribution in [3.05, 3.63) is 82.5 Å². The maximum Gasteiger partial charge on any atom is 0.216 e. The zero-order valence-corrected chi connectivity index (χ0v) is 15.3. The number of para-hydroxylation sites is 1. The number of nitrogens with zero attached hydrogens (tertiary/aromatic N) is 4. The lowest BCUT2D eigenvalue weighted by Gasteiger charge is -2.01. The molecule has 2 aromatic carbocycles. The van der Waals surface area contributed by atoms with E-state index in [9.17, 15) is 0 Å². The van der Waals surface area contributed by atoms with E-state index in [0.29, 0.717) is 4.77 Å². The summed E-state index contributed by atoms with van der Waals surface area (Å²) in [5, 5.41) is 12.9. The molecule has 0 atom stereocenters. The van der Waals surface area contributed by atoms with Gasteiger partial charge in [-0.3, -0.25) is 5.10 Å². The molecule has 5 nitrogen and oxygen atoms in total. The average Bonchev–Trinajstić information content (AvgIpc) is 3.19. The van der Waals surface area contributed by atoms with Gasteiger partial charge in [0.05, 0.1) is 6.21 Å². The SMILES string of the molecule is Cn1cc(/C=N\n2c(CCc3ccccc3)n[nH]c2=S)c2ccccc21. The van der Waals surface area contributed by atoms with Gasteiger partial charge in [0.2, 0.25) is 4.77 Å². The van der Waals surface area contributed by atoms with Gasteiger partial charge in [0.25, 0.3) is 0 Å². The van der Waals surface area contributed by atoms with Crippen LogP contribution in [0.4, 0.5) is 0 Å². The molecule has 6 heteroatoms. The maximum absolute atomic E-state index is 5.35. The van der Waals surface area contributed by atoms with Crippen LogP contribution < -0.4 is 0 Å². The van der Waals surface area contributed by atoms with E-state index in [-0.39, 0.29) is 0 Å². The van der Waals surface area contributed by atoms with Crippen LogP contribution in [-0.4, -0.2) is 25.7 Å². The number of H-pyrrole nitrogens is 1. The highest BCUT2D eigenvalue weighted by atomic mass is 32.1. The van der Waals surface area contributed by atoms with Gasteiger partial charge in [-0.05, 0) is 30.3 Å². The lowest BCUT2D eigenvalue weighted by atomic mass is 10.1. The minimum Gasteiger partial charge on any atom is -0.350 e. The topological polar surface area (TPSA) is 50.9 Å². The molecule has 2 aromatic heterocycles. The van der Waals surface area contributed by atoms with E-state index < -0.39 is 0 Å². The molecular weight excluding hydrogens is 342 g/mol. The van der Waals surface area contributed by atoms with Crippen LogP contribution in [0.5, 0.6) is 0 Å². The largest absolute Gasteiger partial charge is 0.350 e. The number of aromatic amines is 1. The second-order valence-electron chi connectivity index (χ2n) is 6.20. The molecule has 26 heavy (non-hydrogen) atoms. The van der Waals surface area contributed by atoms with E-state index in [2.05, 4.69) is 50.3 Å². The summed E-state index contributed by atoms with van der Waals surface area (Å²) in [4.78, 5) is 0. The first-order valence-corrected chi connectivity index (χ1v) is 8.92. The lowest BCUT2D eigenvalue weighted by molar-refractivity contribution is 0.750. The molecule has 0 radical (unpaired) electrons. The van der Waals surface area contributed by atoms with Gasteiger partial charge in [0, 0.05) is 36.1 Å². The number of hydrogen-bond donors (Lipinski definition) is 1. The van der Waals surface area contributed by atoms with Crippen molar-refractivity contribution in [3.8, 4) is 0 Å². The molecule has 0 saturated heterocycles. The summed E-state index contributed by atoms with van der Waals surface area (Å²) in [7, 11) is 2.04. The Morgan fingerprint density at radius 2 is 1.85 bits per heavy atom. The minimum atomic E-state index is 0.504. The van der Waals surface area contributed by atoms with E-state index >= 15 is 0 Å². The maximum atomic E-state index is 5.35. The third kappa shape index (κ3) is 3.23. The summed E-state index contributed by atoms with van der Waals surface area (Å²) in [6.07, 6.45) is 5.58. The molecule has 1 N–H and O–H groups in total. The van der Waals surface area contributed by atoms with Crippen molar-refractivity contribution in [1.82, 2.24) is 19.4 Å². The molecule has 4 aromatic rings. The van der Waals surface area contributed by atoms with E-state index in [4.69, 9.17) is 12.2 Å². The van der Waals surface area contributed by atoms with E-state index in [1.54, 1.807) is 4.68 Å². The van der Waals surface area contributed by atoms with Crippen LogP contribution in [0.1, 0.15) is 17.0 Å². The summed E-state index contributed by atoms with van der Waals surface area (Å²) in [6.45, 7) is 0. The second kappa shape index (κ2) is 7.09. The fraction of sp³-hybridized carbons (Fsp3) is 0.150. The summed E-state index contributed by atoms with van der Waals surface area (Å²) >= 11 is 5.35. The minimum absolute atomic E-state index is 0.504. The van der Waals surface area contributed by atoms with Crippen molar-refractivity contribution < 1.29 is 0 Å². The second-order valence-corrected chi connectivity index (χ2v) is 6.59. The quantitative estimate of drug-likeness (QED) is 0.430. The van der Waals surface area contributed by atoms with Crippen molar-refractivity contribution in [3.63, 3.8) is 0 Å². The van der Waals surface area contributed by atoms with Gasteiger partial charge >= 0.3 is 0 Å². The fourth-order valence-corrected chi connectivity index (χ4v) is 3.30. The molecule has 0 bridgehead atoms. The van der Waals surface area contributed by atoms with E-state index in [1.165, 1.54) is 16.5 Å². The average molecular weight is 361 g/mol. The smallest absolute Gasteiger partial charge is 0.216 e. The highest BCUT2D eigenvalue weighted by Crippen LogP contribution is 2.18. The van der Waals surface area contributed by atoms with E-state index in [1.807, 2.05) is 43.6 Å². The Bertz CT molecular complexity index is 1120. The van der Waals surface area contributed by atoms with Crippen molar-refractivity contribution >= 4 is 29.3 Å². The third-order valence-corrected chi connectivity index (χ3v) is 4.70.